The third kappa shape index (κ3) is 4.46. The van der Waals surface area contributed by atoms with Gasteiger partial charge in [0.05, 0.1) is 11.8 Å². The number of amides is 1. The fourth-order valence-corrected chi connectivity index (χ4v) is 4.47. The maximum absolute atomic E-state index is 12.1. The molecule has 6 nitrogen and oxygen atoms in total. The van der Waals surface area contributed by atoms with Gasteiger partial charge in [-0.2, -0.15) is 5.10 Å². The van der Waals surface area contributed by atoms with Gasteiger partial charge in [0.15, 0.2) is 0 Å². The Morgan fingerprint density at radius 3 is 2.85 bits per heavy atom. The van der Waals surface area contributed by atoms with Crippen LogP contribution in [0.5, 0.6) is 0 Å². The predicted molar refractivity (Wildman–Crippen MR) is 99.6 cm³/mol. The van der Waals surface area contributed by atoms with Crippen molar-refractivity contribution in [3.8, 4) is 0 Å². The number of rotatable bonds is 6. The van der Waals surface area contributed by atoms with Crippen molar-refractivity contribution in [1.29, 1.82) is 0 Å². The number of aryl methyl sites for hydroxylation is 1. The molecule has 0 radical (unpaired) electrons. The van der Waals surface area contributed by atoms with E-state index in [4.69, 9.17) is 4.74 Å². The molecule has 144 valence electrons. The molecule has 1 aliphatic carbocycles. The number of piperidine rings is 1. The second-order valence-electron chi connectivity index (χ2n) is 8.42. The van der Waals surface area contributed by atoms with Crippen molar-refractivity contribution in [2.45, 2.75) is 76.6 Å². The Morgan fingerprint density at radius 2 is 2.15 bits per heavy atom. The number of hydrogen-bond acceptors (Lipinski definition) is 4. The summed E-state index contributed by atoms with van der Waals surface area (Å²) in [7, 11) is 0. The van der Waals surface area contributed by atoms with Crippen LogP contribution in [0.3, 0.4) is 0 Å². The summed E-state index contributed by atoms with van der Waals surface area (Å²) in [6.45, 7) is 6.96. The highest BCUT2D eigenvalue weighted by Crippen LogP contribution is 2.39. The summed E-state index contributed by atoms with van der Waals surface area (Å²) >= 11 is 0. The molecule has 1 N–H and O–H groups in total. The third-order valence-corrected chi connectivity index (χ3v) is 6.20. The van der Waals surface area contributed by atoms with Crippen molar-refractivity contribution >= 4 is 5.91 Å². The summed E-state index contributed by atoms with van der Waals surface area (Å²) in [5.74, 6) is 0.733. The second kappa shape index (κ2) is 7.69. The van der Waals surface area contributed by atoms with Crippen molar-refractivity contribution in [3.05, 3.63) is 18.0 Å². The SMILES string of the molecule is CCn1cc(CN2CCC3(CC2)CC(CC(=O)NC2CC2)CCO3)cn1. The molecule has 1 spiro atoms. The van der Waals surface area contributed by atoms with E-state index in [2.05, 4.69) is 28.4 Å². The summed E-state index contributed by atoms with van der Waals surface area (Å²) in [6.07, 6.45) is 11.4. The van der Waals surface area contributed by atoms with E-state index in [1.807, 2.05) is 10.9 Å². The summed E-state index contributed by atoms with van der Waals surface area (Å²) in [5, 5.41) is 7.51. The van der Waals surface area contributed by atoms with Gasteiger partial charge in [0.25, 0.3) is 0 Å². The van der Waals surface area contributed by atoms with E-state index in [0.29, 0.717) is 18.4 Å². The number of nitrogens with one attached hydrogen (secondary N) is 1. The monoisotopic (exact) mass is 360 g/mol. The Bertz CT molecular complexity index is 617. The van der Waals surface area contributed by atoms with Crippen LogP contribution in [0.25, 0.3) is 0 Å². The number of carbonyl (C=O) groups is 1. The average molecular weight is 361 g/mol. The van der Waals surface area contributed by atoms with E-state index in [1.54, 1.807) is 0 Å². The number of carbonyl (C=O) groups excluding carboxylic acids is 1. The maximum atomic E-state index is 12.1. The van der Waals surface area contributed by atoms with Gasteiger partial charge in [-0.25, -0.2) is 0 Å². The van der Waals surface area contributed by atoms with E-state index >= 15 is 0 Å². The number of aromatic nitrogens is 2. The molecule has 3 heterocycles. The van der Waals surface area contributed by atoms with Crippen LogP contribution in [-0.2, 0) is 22.6 Å². The Kier molecular flexibility index (Phi) is 5.32. The minimum Gasteiger partial charge on any atom is -0.375 e. The zero-order valence-electron chi connectivity index (χ0n) is 16.0. The quantitative estimate of drug-likeness (QED) is 0.846. The van der Waals surface area contributed by atoms with Crippen molar-refractivity contribution in [2.24, 2.45) is 5.92 Å². The zero-order valence-corrected chi connectivity index (χ0v) is 16.0. The van der Waals surface area contributed by atoms with Crippen molar-refractivity contribution in [1.82, 2.24) is 20.0 Å². The third-order valence-electron chi connectivity index (χ3n) is 6.20. The molecule has 0 aromatic carbocycles. The normalized spacial score (nSPS) is 26.1. The van der Waals surface area contributed by atoms with Gasteiger partial charge in [-0.3, -0.25) is 14.4 Å². The van der Waals surface area contributed by atoms with E-state index in [1.165, 1.54) is 5.56 Å². The first-order valence-electron chi connectivity index (χ1n) is 10.3. The molecule has 3 fully saturated rings. The fourth-order valence-electron chi connectivity index (χ4n) is 4.47. The topological polar surface area (TPSA) is 59.4 Å². The van der Waals surface area contributed by atoms with E-state index in [9.17, 15) is 4.79 Å². The molecular formula is C20H32N4O2. The van der Waals surface area contributed by atoms with Gasteiger partial charge in [0.1, 0.15) is 0 Å². The minimum absolute atomic E-state index is 0.00682. The highest BCUT2D eigenvalue weighted by atomic mass is 16.5. The lowest BCUT2D eigenvalue weighted by Gasteiger charge is -2.46. The first-order chi connectivity index (χ1) is 12.6. The predicted octanol–water partition coefficient (Wildman–Crippen LogP) is 2.33. The molecule has 1 aromatic heterocycles. The van der Waals surface area contributed by atoms with Gasteiger partial charge >= 0.3 is 0 Å². The lowest BCUT2D eigenvalue weighted by atomic mass is 9.78. The smallest absolute Gasteiger partial charge is 0.220 e. The Labute approximate surface area is 156 Å². The number of hydrogen-bond donors (Lipinski definition) is 1. The molecule has 6 heteroatoms. The molecule has 3 aliphatic rings. The molecule has 2 saturated heterocycles. The zero-order chi connectivity index (χ0) is 18.0. The number of ether oxygens (including phenoxy) is 1. The van der Waals surface area contributed by atoms with Crippen LogP contribution < -0.4 is 5.32 Å². The molecular weight excluding hydrogens is 328 g/mol. The summed E-state index contributed by atoms with van der Waals surface area (Å²) < 4.78 is 8.25. The summed E-state index contributed by atoms with van der Waals surface area (Å²) in [4.78, 5) is 14.7. The van der Waals surface area contributed by atoms with Gasteiger partial charge in [0.2, 0.25) is 5.91 Å². The fraction of sp³-hybridized carbons (Fsp3) is 0.800. The molecule has 0 bridgehead atoms. The standard InChI is InChI=1S/C20H32N4O2/c1-2-24-15-17(13-21-24)14-23-8-6-20(7-9-23)12-16(5-10-26-20)11-19(25)22-18-3-4-18/h13,15-16,18H,2-12,14H2,1H3,(H,22,25). The molecule has 1 aromatic rings. The first kappa shape index (κ1) is 18.0. The van der Waals surface area contributed by atoms with Crippen LogP contribution in [0, 0.1) is 5.92 Å². The molecule has 1 saturated carbocycles. The highest BCUT2D eigenvalue weighted by Gasteiger charge is 2.40. The van der Waals surface area contributed by atoms with Gasteiger partial charge in [-0.05, 0) is 51.4 Å². The Hall–Kier alpha value is -1.40. The molecule has 1 amide bonds. The Morgan fingerprint density at radius 1 is 1.35 bits per heavy atom. The average Bonchev–Trinajstić information content (AvgIpc) is 3.32. The highest BCUT2D eigenvalue weighted by molar-refractivity contribution is 5.76. The van der Waals surface area contributed by atoms with Gasteiger partial charge in [0, 0.05) is 57.0 Å². The van der Waals surface area contributed by atoms with Gasteiger partial charge in [-0.1, -0.05) is 0 Å². The van der Waals surface area contributed by atoms with Crippen molar-refractivity contribution in [3.63, 3.8) is 0 Å². The second-order valence-corrected chi connectivity index (χ2v) is 8.42. The van der Waals surface area contributed by atoms with E-state index in [0.717, 1.165) is 71.3 Å². The lowest BCUT2D eigenvalue weighted by Crippen LogP contribution is -2.49. The maximum Gasteiger partial charge on any atom is 0.220 e. The molecule has 4 rings (SSSR count). The van der Waals surface area contributed by atoms with Crippen molar-refractivity contribution < 1.29 is 9.53 Å². The van der Waals surface area contributed by atoms with Crippen LogP contribution in [0.1, 0.15) is 57.4 Å². The van der Waals surface area contributed by atoms with E-state index < -0.39 is 0 Å². The summed E-state index contributed by atoms with van der Waals surface area (Å²) in [5.41, 5.74) is 1.30. The van der Waals surface area contributed by atoms with Gasteiger partial charge < -0.3 is 10.1 Å². The molecule has 26 heavy (non-hydrogen) atoms. The van der Waals surface area contributed by atoms with Crippen LogP contribution >= 0.6 is 0 Å². The van der Waals surface area contributed by atoms with Gasteiger partial charge in [-0.15, -0.1) is 0 Å². The van der Waals surface area contributed by atoms with Crippen molar-refractivity contribution in [2.75, 3.05) is 19.7 Å². The number of likely N-dealkylation sites (tertiary alicyclic amines) is 1. The molecule has 1 unspecified atom stereocenters. The number of nitrogens with zero attached hydrogens (tertiary/aromatic N) is 3. The minimum atomic E-state index is 0.00682. The van der Waals surface area contributed by atoms with Crippen LogP contribution in [0.15, 0.2) is 12.4 Å². The molecule has 2 aliphatic heterocycles. The van der Waals surface area contributed by atoms with E-state index in [-0.39, 0.29) is 11.5 Å². The first-order valence-corrected chi connectivity index (χ1v) is 10.3. The Balaban J connectivity index is 1.26. The molecule has 1 atom stereocenters. The van der Waals surface area contributed by atoms with Crippen LogP contribution in [0.4, 0.5) is 0 Å². The summed E-state index contributed by atoms with van der Waals surface area (Å²) in [6, 6.07) is 0.469. The lowest BCUT2D eigenvalue weighted by molar-refractivity contribution is -0.136. The largest absolute Gasteiger partial charge is 0.375 e. The van der Waals surface area contributed by atoms with Crippen LogP contribution in [0.2, 0.25) is 0 Å². The van der Waals surface area contributed by atoms with Crippen LogP contribution in [-0.4, -0.2) is 51.9 Å².